The Morgan fingerprint density at radius 3 is 2.50 bits per heavy atom. The first kappa shape index (κ1) is 12.0. The second kappa shape index (κ2) is 4.63. The molecule has 1 rings (SSSR count). The second-order valence-corrected chi connectivity index (χ2v) is 5.76. The van der Waals surface area contributed by atoms with Gasteiger partial charge in [0.05, 0.1) is 6.10 Å². The Labute approximate surface area is 88.1 Å². The molecule has 0 aromatic heterocycles. The molecule has 1 fully saturated rings. The van der Waals surface area contributed by atoms with Crippen molar-refractivity contribution in [3.63, 3.8) is 0 Å². The van der Waals surface area contributed by atoms with Crippen LogP contribution in [0.5, 0.6) is 0 Å². The predicted octanol–water partition coefficient (Wildman–Crippen LogP) is 2.31. The topological polar surface area (TPSA) is 32.3 Å². The van der Waals surface area contributed by atoms with Crippen LogP contribution in [0.2, 0.25) is 0 Å². The average Bonchev–Trinajstić information content (AvgIpc) is 2.27. The molecule has 0 heterocycles. The van der Waals surface area contributed by atoms with Gasteiger partial charge in [-0.15, -0.1) is 0 Å². The predicted molar refractivity (Wildman–Crippen MR) is 60.3 cm³/mol. The van der Waals surface area contributed by atoms with Gasteiger partial charge < -0.3 is 10.4 Å². The summed E-state index contributed by atoms with van der Waals surface area (Å²) in [6.07, 6.45) is 4.56. The van der Waals surface area contributed by atoms with Crippen molar-refractivity contribution in [1.29, 1.82) is 0 Å². The van der Waals surface area contributed by atoms with Gasteiger partial charge in [-0.05, 0) is 44.9 Å². The van der Waals surface area contributed by atoms with Gasteiger partial charge in [0.15, 0.2) is 0 Å². The van der Waals surface area contributed by atoms with Gasteiger partial charge in [0, 0.05) is 12.1 Å². The lowest BCUT2D eigenvalue weighted by molar-refractivity contribution is 0.167. The number of hydrogen-bond acceptors (Lipinski definition) is 2. The summed E-state index contributed by atoms with van der Waals surface area (Å²) >= 11 is 0. The summed E-state index contributed by atoms with van der Waals surface area (Å²) in [5.41, 5.74) is 0.516. The van der Waals surface area contributed by atoms with Gasteiger partial charge in [0.25, 0.3) is 0 Å². The molecule has 1 aliphatic rings. The number of aliphatic hydroxyl groups excluding tert-OH is 1. The zero-order valence-corrected chi connectivity index (χ0v) is 10.0. The summed E-state index contributed by atoms with van der Waals surface area (Å²) in [5, 5.41) is 12.9. The smallest absolute Gasteiger partial charge is 0.0526 e. The molecule has 0 radical (unpaired) electrons. The standard InChI is InChI=1S/C12H25NO/c1-9(7-10(2)14)13-11-5-6-12(3,4)8-11/h9-11,13-14H,5-8H2,1-4H3. The Kier molecular flexibility index (Phi) is 3.96. The number of rotatable bonds is 4. The monoisotopic (exact) mass is 199 g/mol. The number of hydrogen-bond donors (Lipinski definition) is 2. The molecule has 3 unspecified atom stereocenters. The SMILES string of the molecule is CC(O)CC(C)NC1CCC(C)(C)C1. The van der Waals surface area contributed by atoms with Gasteiger partial charge in [-0.2, -0.15) is 0 Å². The van der Waals surface area contributed by atoms with Crippen LogP contribution in [0.25, 0.3) is 0 Å². The van der Waals surface area contributed by atoms with E-state index in [-0.39, 0.29) is 6.10 Å². The second-order valence-electron chi connectivity index (χ2n) is 5.76. The molecular formula is C12H25NO. The van der Waals surface area contributed by atoms with Crippen molar-refractivity contribution in [3.8, 4) is 0 Å². The van der Waals surface area contributed by atoms with Crippen molar-refractivity contribution in [2.75, 3.05) is 0 Å². The van der Waals surface area contributed by atoms with Crippen molar-refractivity contribution < 1.29 is 5.11 Å². The van der Waals surface area contributed by atoms with E-state index in [0.717, 1.165) is 6.42 Å². The van der Waals surface area contributed by atoms with E-state index in [1.807, 2.05) is 6.92 Å². The first-order chi connectivity index (χ1) is 6.39. The highest BCUT2D eigenvalue weighted by Gasteiger charge is 2.31. The summed E-state index contributed by atoms with van der Waals surface area (Å²) in [5.74, 6) is 0. The van der Waals surface area contributed by atoms with Crippen LogP contribution in [0.15, 0.2) is 0 Å². The fraction of sp³-hybridized carbons (Fsp3) is 1.00. The zero-order chi connectivity index (χ0) is 10.8. The molecule has 0 aromatic rings. The van der Waals surface area contributed by atoms with Crippen LogP contribution in [0, 0.1) is 5.41 Å². The van der Waals surface area contributed by atoms with E-state index in [4.69, 9.17) is 0 Å². The quantitative estimate of drug-likeness (QED) is 0.728. The molecule has 0 bridgehead atoms. The van der Waals surface area contributed by atoms with Gasteiger partial charge in [0.1, 0.15) is 0 Å². The van der Waals surface area contributed by atoms with Crippen LogP contribution >= 0.6 is 0 Å². The van der Waals surface area contributed by atoms with Crippen LogP contribution in [0.1, 0.15) is 53.4 Å². The lowest BCUT2D eigenvalue weighted by atomic mass is 9.92. The molecule has 0 aliphatic heterocycles. The molecule has 0 spiro atoms. The Hall–Kier alpha value is -0.0800. The largest absolute Gasteiger partial charge is 0.393 e. The number of nitrogens with one attached hydrogen (secondary N) is 1. The van der Waals surface area contributed by atoms with Crippen molar-refractivity contribution in [1.82, 2.24) is 5.32 Å². The summed E-state index contributed by atoms with van der Waals surface area (Å²) in [4.78, 5) is 0. The van der Waals surface area contributed by atoms with Gasteiger partial charge in [-0.3, -0.25) is 0 Å². The third-order valence-corrected chi connectivity index (χ3v) is 3.18. The molecule has 14 heavy (non-hydrogen) atoms. The fourth-order valence-electron chi connectivity index (χ4n) is 2.56. The lowest BCUT2D eigenvalue weighted by Gasteiger charge is -2.22. The van der Waals surface area contributed by atoms with E-state index < -0.39 is 0 Å². The molecule has 0 saturated heterocycles. The van der Waals surface area contributed by atoms with E-state index in [0.29, 0.717) is 17.5 Å². The molecule has 1 saturated carbocycles. The first-order valence-electron chi connectivity index (χ1n) is 5.83. The molecule has 0 amide bonds. The highest BCUT2D eigenvalue weighted by Crippen LogP contribution is 2.37. The van der Waals surface area contributed by atoms with Crippen LogP contribution in [0.4, 0.5) is 0 Å². The van der Waals surface area contributed by atoms with Gasteiger partial charge in [-0.25, -0.2) is 0 Å². The van der Waals surface area contributed by atoms with E-state index in [1.165, 1.54) is 19.3 Å². The van der Waals surface area contributed by atoms with E-state index >= 15 is 0 Å². The van der Waals surface area contributed by atoms with E-state index in [9.17, 15) is 5.11 Å². The molecule has 3 atom stereocenters. The van der Waals surface area contributed by atoms with Crippen molar-refractivity contribution in [2.45, 2.75) is 71.6 Å². The number of aliphatic hydroxyl groups is 1. The summed E-state index contributed by atoms with van der Waals surface area (Å²) in [6.45, 7) is 8.71. The third kappa shape index (κ3) is 3.97. The maximum absolute atomic E-state index is 9.26. The zero-order valence-electron chi connectivity index (χ0n) is 10.0. The summed E-state index contributed by atoms with van der Waals surface area (Å²) < 4.78 is 0. The summed E-state index contributed by atoms with van der Waals surface area (Å²) in [6, 6.07) is 1.10. The maximum Gasteiger partial charge on any atom is 0.0526 e. The fourth-order valence-corrected chi connectivity index (χ4v) is 2.56. The Balaban J connectivity index is 2.25. The van der Waals surface area contributed by atoms with Crippen LogP contribution in [0.3, 0.4) is 0 Å². The highest BCUT2D eigenvalue weighted by atomic mass is 16.3. The van der Waals surface area contributed by atoms with E-state index in [1.54, 1.807) is 0 Å². The van der Waals surface area contributed by atoms with Gasteiger partial charge in [-0.1, -0.05) is 13.8 Å². The molecule has 2 N–H and O–H groups in total. The molecule has 2 nitrogen and oxygen atoms in total. The maximum atomic E-state index is 9.26. The Morgan fingerprint density at radius 2 is 2.07 bits per heavy atom. The van der Waals surface area contributed by atoms with Crippen molar-refractivity contribution in [2.24, 2.45) is 5.41 Å². The Morgan fingerprint density at radius 1 is 1.43 bits per heavy atom. The molecular weight excluding hydrogens is 174 g/mol. The first-order valence-corrected chi connectivity index (χ1v) is 5.83. The van der Waals surface area contributed by atoms with Crippen LogP contribution in [-0.2, 0) is 0 Å². The van der Waals surface area contributed by atoms with Crippen LogP contribution < -0.4 is 5.32 Å². The normalized spacial score (nSPS) is 30.2. The molecule has 0 aromatic carbocycles. The van der Waals surface area contributed by atoms with Crippen molar-refractivity contribution >= 4 is 0 Å². The van der Waals surface area contributed by atoms with Crippen molar-refractivity contribution in [3.05, 3.63) is 0 Å². The Bertz CT molecular complexity index is 177. The van der Waals surface area contributed by atoms with Gasteiger partial charge in [0.2, 0.25) is 0 Å². The molecule has 1 aliphatic carbocycles. The lowest BCUT2D eigenvalue weighted by Crippen LogP contribution is -2.37. The highest BCUT2D eigenvalue weighted by molar-refractivity contribution is 4.87. The molecule has 84 valence electrons. The average molecular weight is 199 g/mol. The summed E-state index contributed by atoms with van der Waals surface area (Å²) in [7, 11) is 0. The third-order valence-electron chi connectivity index (χ3n) is 3.18. The molecule has 2 heteroatoms. The minimum absolute atomic E-state index is 0.188. The minimum atomic E-state index is -0.188. The minimum Gasteiger partial charge on any atom is -0.393 e. The van der Waals surface area contributed by atoms with Gasteiger partial charge >= 0.3 is 0 Å². The van der Waals surface area contributed by atoms with Crippen LogP contribution in [-0.4, -0.2) is 23.3 Å². The van der Waals surface area contributed by atoms with E-state index in [2.05, 4.69) is 26.1 Å².